The fourth-order valence-corrected chi connectivity index (χ4v) is 3.58. The standard InChI is InChI=1S/C19H16FN7S/c1-2-12-26-18(15-10-6-7-11-16(15)20)22-23-19(26)28-13-17-21-24-25-27(17)14-8-4-3-5-9-14/h2-11H,1,12-13H2. The maximum atomic E-state index is 14.2. The van der Waals surface area contributed by atoms with Crippen molar-refractivity contribution in [2.75, 3.05) is 0 Å². The highest BCUT2D eigenvalue weighted by Gasteiger charge is 2.17. The van der Waals surface area contributed by atoms with Crippen molar-refractivity contribution in [1.29, 1.82) is 0 Å². The Labute approximate surface area is 164 Å². The molecule has 0 atom stereocenters. The van der Waals surface area contributed by atoms with Gasteiger partial charge in [-0.3, -0.25) is 4.57 Å². The van der Waals surface area contributed by atoms with Gasteiger partial charge in [-0.2, -0.15) is 4.68 Å². The molecule has 4 aromatic rings. The first-order valence-electron chi connectivity index (χ1n) is 8.52. The number of hydrogen-bond acceptors (Lipinski definition) is 6. The van der Waals surface area contributed by atoms with Gasteiger partial charge < -0.3 is 0 Å². The number of rotatable bonds is 7. The minimum Gasteiger partial charge on any atom is -0.298 e. The molecule has 9 heteroatoms. The molecular formula is C19H16FN7S. The normalized spacial score (nSPS) is 10.9. The number of nitrogens with zero attached hydrogens (tertiary/aromatic N) is 7. The Balaban J connectivity index is 1.61. The van der Waals surface area contributed by atoms with E-state index in [-0.39, 0.29) is 5.82 Å². The first-order chi connectivity index (χ1) is 13.8. The third-order valence-electron chi connectivity index (χ3n) is 4.01. The van der Waals surface area contributed by atoms with Crippen molar-refractivity contribution in [3.05, 3.63) is 78.9 Å². The van der Waals surface area contributed by atoms with Crippen LogP contribution < -0.4 is 0 Å². The van der Waals surface area contributed by atoms with Gasteiger partial charge in [0.05, 0.1) is 17.0 Å². The summed E-state index contributed by atoms with van der Waals surface area (Å²) in [5.74, 6) is 1.28. The topological polar surface area (TPSA) is 74.3 Å². The Bertz CT molecular complexity index is 1090. The first kappa shape index (κ1) is 18.1. The Morgan fingerprint density at radius 1 is 1.00 bits per heavy atom. The van der Waals surface area contributed by atoms with Crippen molar-refractivity contribution >= 4 is 11.8 Å². The Morgan fingerprint density at radius 3 is 2.57 bits per heavy atom. The van der Waals surface area contributed by atoms with Crippen LogP contribution in [0.2, 0.25) is 0 Å². The molecule has 2 heterocycles. The summed E-state index contributed by atoms with van der Waals surface area (Å²) < 4.78 is 17.7. The van der Waals surface area contributed by atoms with E-state index in [1.165, 1.54) is 17.8 Å². The second-order valence-electron chi connectivity index (χ2n) is 5.82. The lowest BCUT2D eigenvalue weighted by atomic mass is 10.2. The van der Waals surface area contributed by atoms with Gasteiger partial charge >= 0.3 is 0 Å². The maximum absolute atomic E-state index is 14.2. The molecule has 0 fully saturated rings. The van der Waals surface area contributed by atoms with Crippen LogP contribution in [0.5, 0.6) is 0 Å². The number of benzene rings is 2. The molecule has 0 aliphatic heterocycles. The average molecular weight is 393 g/mol. The summed E-state index contributed by atoms with van der Waals surface area (Å²) in [6.45, 7) is 4.24. The van der Waals surface area contributed by atoms with Gasteiger partial charge in [-0.15, -0.1) is 21.9 Å². The number of halogens is 1. The molecular weight excluding hydrogens is 377 g/mol. The van der Waals surface area contributed by atoms with E-state index in [0.717, 1.165) is 5.69 Å². The zero-order chi connectivity index (χ0) is 19.3. The molecule has 2 aromatic heterocycles. The van der Waals surface area contributed by atoms with E-state index in [1.54, 1.807) is 29.0 Å². The molecule has 0 spiro atoms. The van der Waals surface area contributed by atoms with E-state index in [9.17, 15) is 4.39 Å². The summed E-state index contributed by atoms with van der Waals surface area (Å²) in [6, 6.07) is 16.2. The predicted octanol–water partition coefficient (Wildman–Crippen LogP) is 3.54. The van der Waals surface area contributed by atoms with Gasteiger partial charge in [0, 0.05) is 6.54 Å². The van der Waals surface area contributed by atoms with Crippen LogP contribution in [0.4, 0.5) is 4.39 Å². The molecule has 0 saturated carbocycles. The third-order valence-corrected chi connectivity index (χ3v) is 4.97. The molecule has 0 amide bonds. The summed E-state index contributed by atoms with van der Waals surface area (Å²) in [5.41, 5.74) is 1.28. The van der Waals surface area contributed by atoms with E-state index in [2.05, 4.69) is 32.3 Å². The zero-order valence-electron chi connectivity index (χ0n) is 14.8. The lowest BCUT2D eigenvalue weighted by Gasteiger charge is -2.08. The number of hydrogen-bond donors (Lipinski definition) is 0. The lowest BCUT2D eigenvalue weighted by molar-refractivity contribution is 0.626. The van der Waals surface area contributed by atoms with Gasteiger partial charge in [-0.25, -0.2) is 4.39 Å². The SMILES string of the molecule is C=CCn1c(SCc2nnnn2-c2ccccc2)nnc1-c1ccccc1F. The molecule has 7 nitrogen and oxygen atoms in total. The molecule has 0 N–H and O–H groups in total. The second kappa shape index (κ2) is 8.13. The van der Waals surface area contributed by atoms with Gasteiger partial charge in [0.2, 0.25) is 0 Å². The zero-order valence-corrected chi connectivity index (χ0v) is 15.6. The Hall–Kier alpha value is -3.33. The van der Waals surface area contributed by atoms with Crippen LogP contribution in [-0.4, -0.2) is 35.0 Å². The number of thioether (sulfide) groups is 1. The van der Waals surface area contributed by atoms with E-state index >= 15 is 0 Å². The van der Waals surface area contributed by atoms with Crippen LogP contribution in [0.3, 0.4) is 0 Å². The molecule has 4 rings (SSSR count). The van der Waals surface area contributed by atoms with Gasteiger partial charge in [-0.05, 0) is 34.7 Å². The van der Waals surface area contributed by atoms with Crippen LogP contribution in [0.1, 0.15) is 5.82 Å². The highest BCUT2D eigenvalue weighted by molar-refractivity contribution is 7.98. The van der Waals surface area contributed by atoms with Crippen LogP contribution in [0.25, 0.3) is 17.1 Å². The van der Waals surface area contributed by atoms with E-state index in [1.807, 2.05) is 34.9 Å². The fraction of sp³-hybridized carbons (Fsp3) is 0.105. The molecule has 0 aliphatic rings. The van der Waals surface area contributed by atoms with Crippen molar-refractivity contribution in [3.63, 3.8) is 0 Å². The Kier molecular flexibility index (Phi) is 5.24. The highest BCUT2D eigenvalue weighted by Crippen LogP contribution is 2.27. The predicted molar refractivity (Wildman–Crippen MR) is 104 cm³/mol. The third kappa shape index (κ3) is 3.56. The quantitative estimate of drug-likeness (QED) is 0.353. The largest absolute Gasteiger partial charge is 0.298 e. The van der Waals surface area contributed by atoms with Crippen molar-refractivity contribution in [2.24, 2.45) is 0 Å². The number of para-hydroxylation sites is 1. The van der Waals surface area contributed by atoms with Gasteiger partial charge in [0.1, 0.15) is 5.82 Å². The molecule has 0 unspecified atom stereocenters. The van der Waals surface area contributed by atoms with Crippen LogP contribution in [0, 0.1) is 5.82 Å². The summed E-state index contributed by atoms with van der Waals surface area (Å²) in [4.78, 5) is 0. The van der Waals surface area contributed by atoms with Crippen LogP contribution >= 0.6 is 11.8 Å². The van der Waals surface area contributed by atoms with Gasteiger partial charge in [0.25, 0.3) is 0 Å². The van der Waals surface area contributed by atoms with Crippen LogP contribution in [0.15, 0.2) is 72.4 Å². The lowest BCUT2D eigenvalue weighted by Crippen LogP contribution is -2.04. The summed E-state index contributed by atoms with van der Waals surface area (Å²) in [6.07, 6.45) is 1.73. The number of allylic oxidation sites excluding steroid dienone is 1. The van der Waals surface area contributed by atoms with E-state index < -0.39 is 0 Å². The minimum atomic E-state index is -0.343. The monoisotopic (exact) mass is 393 g/mol. The summed E-state index contributed by atoms with van der Waals surface area (Å²) in [5, 5.41) is 21.0. The first-order valence-corrected chi connectivity index (χ1v) is 9.51. The van der Waals surface area contributed by atoms with Gasteiger partial charge in [-0.1, -0.05) is 48.2 Å². The van der Waals surface area contributed by atoms with Crippen molar-refractivity contribution in [2.45, 2.75) is 17.5 Å². The molecule has 0 radical (unpaired) electrons. The second-order valence-corrected chi connectivity index (χ2v) is 6.76. The molecule has 28 heavy (non-hydrogen) atoms. The minimum absolute atomic E-state index is 0.343. The molecule has 0 bridgehead atoms. The molecule has 0 saturated heterocycles. The summed E-state index contributed by atoms with van der Waals surface area (Å²) >= 11 is 1.43. The van der Waals surface area contributed by atoms with Gasteiger partial charge in [0.15, 0.2) is 16.8 Å². The summed E-state index contributed by atoms with van der Waals surface area (Å²) in [7, 11) is 0. The van der Waals surface area contributed by atoms with Crippen molar-refractivity contribution < 1.29 is 4.39 Å². The average Bonchev–Trinajstić information content (AvgIpc) is 3.35. The number of aromatic nitrogens is 7. The van der Waals surface area contributed by atoms with Crippen LogP contribution in [-0.2, 0) is 12.3 Å². The van der Waals surface area contributed by atoms with Crippen molar-refractivity contribution in [3.8, 4) is 17.1 Å². The van der Waals surface area contributed by atoms with E-state index in [4.69, 9.17) is 0 Å². The Morgan fingerprint density at radius 2 is 1.79 bits per heavy atom. The smallest absolute Gasteiger partial charge is 0.192 e. The molecule has 140 valence electrons. The molecule has 2 aromatic carbocycles. The molecule has 0 aliphatic carbocycles. The highest BCUT2D eigenvalue weighted by atomic mass is 32.2. The fourth-order valence-electron chi connectivity index (χ4n) is 2.73. The number of tetrazole rings is 1. The maximum Gasteiger partial charge on any atom is 0.192 e. The van der Waals surface area contributed by atoms with E-state index in [0.29, 0.717) is 34.7 Å². The van der Waals surface area contributed by atoms with Crippen molar-refractivity contribution in [1.82, 2.24) is 35.0 Å².